The van der Waals surface area contributed by atoms with E-state index in [9.17, 15) is 0 Å². The first kappa shape index (κ1) is 10.5. The molecule has 1 nitrogen and oxygen atoms in total. The molecule has 10 aliphatic heterocycles. The van der Waals surface area contributed by atoms with Gasteiger partial charge in [0.15, 0.2) is 0 Å². The Balaban J connectivity index is 0.0000000864. The van der Waals surface area contributed by atoms with Crippen molar-refractivity contribution in [3.8, 4) is 0 Å². The van der Waals surface area contributed by atoms with Gasteiger partial charge in [-0.05, 0) is 18.6 Å². The van der Waals surface area contributed by atoms with E-state index in [1.54, 1.807) is 0 Å². The molecule has 124 valence electrons. The number of rotatable bonds is 1. The van der Waals surface area contributed by atoms with Gasteiger partial charge in [-0.15, -0.1) is 0 Å². The van der Waals surface area contributed by atoms with E-state index >= 15 is 0 Å². The first-order chi connectivity index (χ1) is 10.6. The molecule has 1 spiro atoms. The minimum absolute atomic E-state index is 1.16. The van der Waals surface area contributed by atoms with Gasteiger partial charge in [0.05, 0.1) is 0 Å². The van der Waals surface area contributed by atoms with Crippen LogP contribution >= 0.6 is 0 Å². The number of hydrogen-bond donors (Lipinski definition) is 0. The van der Waals surface area contributed by atoms with Crippen molar-refractivity contribution in [3.05, 3.63) is 29.8 Å². The number of benzene rings is 1. The van der Waals surface area contributed by atoms with Crippen LogP contribution in [0.25, 0.3) is 0 Å². The number of nitrogens with zero attached hydrogens (tertiary/aromatic N) is 1. The summed E-state index contributed by atoms with van der Waals surface area (Å²) in [4.78, 5) is 14.3. The molecule has 0 aliphatic carbocycles. The topological polar surface area (TPSA) is 3.24 Å². The van der Waals surface area contributed by atoms with E-state index in [1.807, 2.05) is 0 Å². The standard InChI is InChI=1S/C9H13N.2C6H7.Fe/c1-8-6-4-5-7-9(8)10(2)3;2*1-6-4-2-3-5-6;/h4-7H,1-3H3;2*2-5H,1H3;. The fourth-order valence-corrected chi connectivity index (χ4v) is 98.4. The quantitative estimate of drug-likeness (QED) is 0.544. The summed E-state index contributed by atoms with van der Waals surface area (Å²) in [5, 5.41) is 0. The first-order valence-electron chi connectivity index (χ1n) is 9.59. The van der Waals surface area contributed by atoms with Crippen molar-refractivity contribution in [2.75, 3.05) is 19.0 Å². The van der Waals surface area contributed by atoms with E-state index in [-0.39, 0.29) is 0 Å². The molecule has 1 aromatic rings. The normalized spacial score (nSPS) is 93.4. The Morgan fingerprint density at radius 2 is 1.26 bits per heavy atom. The zero-order chi connectivity index (χ0) is 15.5. The minimum Gasteiger partial charge on any atom is -0.377 e. The molecule has 8 unspecified atom stereocenters. The smallest absolute Gasteiger partial charge is 0.0390 e. The molecule has 0 amide bonds. The van der Waals surface area contributed by atoms with Gasteiger partial charge >= 0.3 is 67.5 Å². The third-order valence-corrected chi connectivity index (χ3v) is 63.5. The molecule has 0 saturated carbocycles. The number of anilines is 1. The van der Waals surface area contributed by atoms with Crippen LogP contribution in [0, 0.1) is 6.92 Å². The first-order valence-corrected chi connectivity index (χ1v) is 15.8. The molecular weight excluding hydrogens is 322 g/mol. The monoisotopic (exact) mass is 349 g/mol. The maximum atomic E-state index is 2.82. The van der Waals surface area contributed by atoms with Crippen molar-refractivity contribution in [2.24, 2.45) is 0 Å². The summed E-state index contributed by atoms with van der Waals surface area (Å²) < 4.78 is 2.31. The van der Waals surface area contributed by atoms with Crippen LogP contribution in [0.1, 0.15) is 19.4 Å². The van der Waals surface area contributed by atoms with E-state index in [0.29, 0.717) is 0 Å². The molecule has 1 aromatic carbocycles. The summed E-state index contributed by atoms with van der Waals surface area (Å²) in [6.07, 6.45) is 0. The van der Waals surface area contributed by atoms with Crippen molar-refractivity contribution in [1.29, 1.82) is 0 Å². The largest absolute Gasteiger partial charge is 0.377 e. The van der Waals surface area contributed by atoms with Gasteiger partial charge in [0, 0.05) is 19.8 Å². The van der Waals surface area contributed by atoms with Crippen molar-refractivity contribution >= 4 is 5.69 Å². The second-order valence-corrected chi connectivity index (χ2v) is 37.0. The number of hydrogen-bond acceptors (Lipinski definition) is 1. The predicted molar refractivity (Wildman–Crippen MR) is 92.2 cm³/mol. The Labute approximate surface area is 129 Å². The van der Waals surface area contributed by atoms with Gasteiger partial charge < -0.3 is 4.90 Å². The Bertz CT molecular complexity index is 1200. The maximum absolute atomic E-state index is 2.82. The van der Waals surface area contributed by atoms with Crippen LogP contribution in [0.4, 0.5) is 5.69 Å². The van der Waals surface area contributed by atoms with Crippen LogP contribution in [0.15, 0.2) is 24.3 Å². The second kappa shape index (κ2) is 1.04. The van der Waals surface area contributed by atoms with E-state index in [1.165, 1.54) is 49.8 Å². The number of aryl methyl sites for hydroxylation is 1. The molecule has 23 heavy (non-hydrogen) atoms. The van der Waals surface area contributed by atoms with Crippen molar-refractivity contribution in [1.82, 2.24) is 0 Å². The molecule has 8 atom stereocenters. The van der Waals surface area contributed by atoms with Crippen LogP contribution in [0.3, 0.4) is 0 Å². The van der Waals surface area contributed by atoms with Gasteiger partial charge in [0.25, 0.3) is 0 Å². The summed E-state index contributed by atoms with van der Waals surface area (Å²) in [7, 11) is 4.12. The molecule has 0 N–H and O–H groups in total. The summed E-state index contributed by atoms with van der Waals surface area (Å²) >= 11 is 0. The van der Waals surface area contributed by atoms with Crippen molar-refractivity contribution in [2.45, 2.75) is 67.9 Å². The van der Waals surface area contributed by atoms with Gasteiger partial charge in [-0.1, -0.05) is 18.2 Å². The molecule has 11 rings (SSSR count). The van der Waals surface area contributed by atoms with Gasteiger partial charge in [-0.3, -0.25) is 0 Å². The summed E-state index contributed by atoms with van der Waals surface area (Å²) in [5.74, 6) is 0. The molecule has 10 heterocycles. The van der Waals surface area contributed by atoms with Crippen molar-refractivity contribution in [3.63, 3.8) is 0 Å². The number of fused-ring (bicyclic) bond motifs is 10. The zero-order valence-electron chi connectivity index (χ0n) is 14.7. The maximum Gasteiger partial charge on any atom is 0.0390 e. The summed E-state index contributed by atoms with van der Waals surface area (Å²) in [6, 6.07) is 8.36. The third-order valence-electron chi connectivity index (χ3n) is 17.9. The van der Waals surface area contributed by atoms with Crippen LogP contribution in [0.5, 0.6) is 0 Å². The average Bonchev–Trinajstić information content (AvgIpc) is 3.46. The molecule has 10 saturated heterocycles. The third kappa shape index (κ3) is 0.142. The molecule has 10 fully saturated rings. The van der Waals surface area contributed by atoms with E-state index in [2.05, 4.69) is 64.0 Å². The van der Waals surface area contributed by atoms with Crippen LogP contribution in [-0.4, -0.2) is 14.1 Å². The Kier molecular flexibility index (Phi) is 0.475. The number of para-hydroxylation sites is 1. The van der Waals surface area contributed by atoms with Gasteiger partial charge in [-0.2, -0.15) is 0 Å². The molecule has 10 aliphatic rings. The molecule has 2 heteroatoms. The second-order valence-electron chi connectivity index (χ2n) is 13.2. The van der Waals surface area contributed by atoms with Crippen molar-refractivity contribution < 1.29 is 6.51 Å². The van der Waals surface area contributed by atoms with Crippen LogP contribution in [0.2, 0.25) is 47.2 Å². The van der Waals surface area contributed by atoms with E-state index in [0.717, 1.165) is 8.63 Å². The molecule has 0 radical (unpaired) electrons. The fraction of sp³-hybridized carbons (Fsp3) is 0.714. The molecule has 0 bridgehead atoms. The van der Waals surface area contributed by atoms with Crippen LogP contribution < -0.4 is 4.90 Å². The zero-order valence-corrected chi connectivity index (χ0v) is 15.8. The Morgan fingerprint density at radius 1 is 0.826 bits per heavy atom. The van der Waals surface area contributed by atoms with Crippen LogP contribution in [-0.2, 0) is 6.51 Å². The SMILES string of the molecule is C[C]12[CH]3[CH]4[CH]5[CH]1[Fe]45321678[CH]2[CH]1[CH]6[C]7(C)[CH]28.Cc1ccccc1N(C)C. The molecule has 0 aromatic heterocycles. The Hall–Kier alpha value is -0.461. The predicted octanol–water partition coefficient (Wildman–Crippen LogP) is 6.22. The summed E-state index contributed by atoms with van der Waals surface area (Å²) in [5.41, 5.74) is 2.62. The average molecular weight is 349 g/mol. The van der Waals surface area contributed by atoms with Gasteiger partial charge in [-0.25, -0.2) is 0 Å². The van der Waals surface area contributed by atoms with E-state index in [4.69, 9.17) is 0 Å². The summed E-state index contributed by atoms with van der Waals surface area (Å²) in [6.45, 7) is 5.14. The Morgan fingerprint density at radius 3 is 1.43 bits per heavy atom. The van der Waals surface area contributed by atoms with E-state index < -0.39 is 6.51 Å². The van der Waals surface area contributed by atoms with Gasteiger partial charge in [0.1, 0.15) is 0 Å². The van der Waals surface area contributed by atoms with Gasteiger partial charge in [0.2, 0.25) is 0 Å². The molecular formula is C21H27FeN. The minimum atomic E-state index is -2.62. The fourth-order valence-electron chi connectivity index (χ4n) is 19.9.